The second-order valence-electron chi connectivity index (χ2n) is 5.12. The molecule has 14 heavy (non-hydrogen) atoms. The molecule has 2 unspecified atom stereocenters. The van der Waals surface area contributed by atoms with Gasteiger partial charge in [-0.15, -0.1) is 0 Å². The van der Waals surface area contributed by atoms with E-state index in [1.54, 1.807) is 14.2 Å². The Morgan fingerprint density at radius 2 is 1.21 bits per heavy atom. The molecule has 1 nitrogen and oxygen atoms in total. The van der Waals surface area contributed by atoms with Gasteiger partial charge in [0.15, 0.2) is 0 Å². The molecule has 0 spiro atoms. The second-order valence-corrected chi connectivity index (χ2v) is 5.12. The molecule has 0 heterocycles. The first-order valence-corrected chi connectivity index (χ1v) is 5.76. The van der Waals surface area contributed by atoms with E-state index in [0.717, 1.165) is 23.7 Å². The Morgan fingerprint density at radius 1 is 0.857 bits per heavy atom. The lowest BCUT2D eigenvalue weighted by Crippen LogP contribution is -2.15. The zero-order valence-corrected chi connectivity index (χ0v) is 11.4. The lowest BCUT2D eigenvalue weighted by molar-refractivity contribution is 0.258. The number of hydrogen-bond donors (Lipinski definition) is 0. The molecule has 0 bridgehead atoms. The minimum atomic E-state index is 0.837. The van der Waals surface area contributed by atoms with Crippen LogP contribution in [0.1, 0.15) is 48.0 Å². The van der Waals surface area contributed by atoms with Crippen LogP contribution in [0.25, 0.3) is 0 Å². The van der Waals surface area contributed by atoms with Crippen LogP contribution in [0.4, 0.5) is 0 Å². The lowest BCUT2D eigenvalue weighted by atomic mass is 9.82. The van der Waals surface area contributed by atoms with E-state index < -0.39 is 0 Å². The fourth-order valence-electron chi connectivity index (χ4n) is 1.62. The summed E-state index contributed by atoms with van der Waals surface area (Å²) in [6.45, 7) is 14.0. The average molecular weight is 202 g/mol. The van der Waals surface area contributed by atoms with E-state index in [0.29, 0.717) is 0 Å². The van der Waals surface area contributed by atoms with Crippen LogP contribution in [0.5, 0.6) is 0 Å². The van der Waals surface area contributed by atoms with Gasteiger partial charge in [0.2, 0.25) is 0 Å². The summed E-state index contributed by atoms with van der Waals surface area (Å²) in [5.41, 5.74) is 0. The van der Waals surface area contributed by atoms with Crippen molar-refractivity contribution in [2.24, 2.45) is 23.7 Å². The summed E-state index contributed by atoms with van der Waals surface area (Å²) in [6, 6.07) is 0. The van der Waals surface area contributed by atoms with Gasteiger partial charge in [0.25, 0.3) is 0 Å². The maximum atomic E-state index is 4.25. The highest BCUT2D eigenvalue weighted by Gasteiger charge is 2.16. The van der Waals surface area contributed by atoms with Crippen molar-refractivity contribution in [2.45, 2.75) is 48.0 Å². The van der Waals surface area contributed by atoms with Gasteiger partial charge in [-0.25, -0.2) is 0 Å². The maximum Gasteiger partial charge on any atom is 0.0351 e. The van der Waals surface area contributed by atoms with Crippen LogP contribution >= 0.6 is 0 Å². The van der Waals surface area contributed by atoms with Gasteiger partial charge in [0, 0.05) is 14.2 Å². The van der Waals surface area contributed by atoms with E-state index >= 15 is 0 Å². The molecular weight excluding hydrogens is 172 g/mol. The molecule has 0 aliphatic carbocycles. The van der Waals surface area contributed by atoms with Gasteiger partial charge in [-0.05, 0) is 30.1 Å². The van der Waals surface area contributed by atoms with Gasteiger partial charge in [0.1, 0.15) is 0 Å². The average Bonchev–Trinajstić information content (AvgIpc) is 2.02. The van der Waals surface area contributed by atoms with Crippen molar-refractivity contribution in [3.63, 3.8) is 0 Å². The Hall–Kier alpha value is -0.0400. The van der Waals surface area contributed by atoms with Crippen LogP contribution in [-0.2, 0) is 4.74 Å². The van der Waals surface area contributed by atoms with Crippen molar-refractivity contribution in [1.82, 2.24) is 0 Å². The summed E-state index contributed by atoms with van der Waals surface area (Å²) in [4.78, 5) is 0. The highest BCUT2D eigenvalue weighted by Crippen LogP contribution is 2.25. The zero-order chi connectivity index (χ0) is 11.7. The normalized spacial score (nSPS) is 15.0. The molecular formula is C13H30O. The van der Waals surface area contributed by atoms with Crippen LogP contribution in [0, 0.1) is 23.7 Å². The van der Waals surface area contributed by atoms with Gasteiger partial charge < -0.3 is 4.74 Å². The largest absolute Gasteiger partial charge is 0.388 e. The van der Waals surface area contributed by atoms with Gasteiger partial charge in [0.05, 0.1) is 0 Å². The molecule has 0 fully saturated rings. The Kier molecular flexibility index (Phi) is 11.1. The molecule has 0 saturated carbocycles. The highest BCUT2D eigenvalue weighted by atomic mass is 16.4. The molecule has 88 valence electrons. The predicted octanol–water partition coefficient (Wildman–Crippen LogP) is 4.22. The Bertz CT molecular complexity index is 108. The number of methoxy groups -OCH3 is 1. The van der Waals surface area contributed by atoms with Gasteiger partial charge in [-0.3, -0.25) is 0 Å². The SMILES string of the molecule is CC(C)CC(C)C(C)C(C)C.COC. The van der Waals surface area contributed by atoms with E-state index in [2.05, 4.69) is 46.3 Å². The fraction of sp³-hybridized carbons (Fsp3) is 1.00. The van der Waals surface area contributed by atoms with E-state index in [-0.39, 0.29) is 0 Å². The quantitative estimate of drug-likeness (QED) is 0.663. The maximum absolute atomic E-state index is 4.25. The highest BCUT2D eigenvalue weighted by molar-refractivity contribution is 4.66. The summed E-state index contributed by atoms with van der Waals surface area (Å²) in [7, 11) is 3.25. The molecule has 0 aromatic heterocycles. The van der Waals surface area contributed by atoms with E-state index in [1.165, 1.54) is 6.42 Å². The Labute approximate surface area is 91.2 Å². The molecule has 0 saturated heterocycles. The van der Waals surface area contributed by atoms with Crippen molar-refractivity contribution >= 4 is 0 Å². The Balaban J connectivity index is 0. The predicted molar refractivity (Wildman–Crippen MR) is 65.6 cm³/mol. The first kappa shape index (κ1) is 16.4. The smallest absolute Gasteiger partial charge is 0.0351 e. The number of rotatable bonds is 4. The number of ether oxygens (including phenoxy) is 1. The molecule has 0 aliphatic rings. The van der Waals surface area contributed by atoms with Crippen LogP contribution in [-0.4, -0.2) is 14.2 Å². The van der Waals surface area contributed by atoms with Crippen molar-refractivity contribution in [2.75, 3.05) is 14.2 Å². The van der Waals surface area contributed by atoms with E-state index in [9.17, 15) is 0 Å². The Morgan fingerprint density at radius 3 is 1.43 bits per heavy atom. The molecule has 2 atom stereocenters. The monoisotopic (exact) mass is 202 g/mol. The molecule has 0 N–H and O–H groups in total. The summed E-state index contributed by atoms with van der Waals surface area (Å²) in [6.07, 6.45) is 1.37. The molecule has 0 rings (SSSR count). The minimum absolute atomic E-state index is 0.837. The van der Waals surface area contributed by atoms with Gasteiger partial charge in [-0.2, -0.15) is 0 Å². The van der Waals surface area contributed by atoms with Crippen molar-refractivity contribution in [3.8, 4) is 0 Å². The van der Waals surface area contributed by atoms with Crippen molar-refractivity contribution in [1.29, 1.82) is 0 Å². The molecule has 0 aromatic carbocycles. The van der Waals surface area contributed by atoms with E-state index in [4.69, 9.17) is 0 Å². The lowest BCUT2D eigenvalue weighted by Gasteiger charge is -2.24. The fourth-order valence-corrected chi connectivity index (χ4v) is 1.62. The summed E-state index contributed by atoms with van der Waals surface area (Å²) < 4.78 is 4.25. The van der Waals surface area contributed by atoms with Gasteiger partial charge >= 0.3 is 0 Å². The zero-order valence-electron chi connectivity index (χ0n) is 11.4. The van der Waals surface area contributed by atoms with Crippen LogP contribution in [0.3, 0.4) is 0 Å². The van der Waals surface area contributed by atoms with Crippen molar-refractivity contribution < 1.29 is 4.74 Å². The van der Waals surface area contributed by atoms with Crippen LogP contribution in [0.2, 0.25) is 0 Å². The minimum Gasteiger partial charge on any atom is -0.388 e. The van der Waals surface area contributed by atoms with Crippen molar-refractivity contribution in [3.05, 3.63) is 0 Å². The van der Waals surface area contributed by atoms with Crippen LogP contribution in [0.15, 0.2) is 0 Å². The molecule has 0 radical (unpaired) electrons. The standard InChI is InChI=1S/C11H24.C2H6O/c1-8(2)7-10(5)11(6)9(3)4;1-3-2/h8-11H,7H2,1-6H3;1-2H3. The summed E-state index contributed by atoms with van der Waals surface area (Å²) in [5.74, 6) is 3.45. The molecule has 0 aromatic rings. The van der Waals surface area contributed by atoms with Crippen LogP contribution < -0.4 is 0 Å². The second kappa shape index (κ2) is 9.51. The summed E-state index contributed by atoms with van der Waals surface area (Å²) in [5, 5.41) is 0. The molecule has 1 heteroatoms. The molecule has 0 aliphatic heterocycles. The number of hydrogen-bond acceptors (Lipinski definition) is 1. The first-order valence-electron chi connectivity index (χ1n) is 5.76. The third-order valence-corrected chi connectivity index (χ3v) is 2.79. The first-order chi connectivity index (χ1) is 6.36. The topological polar surface area (TPSA) is 9.23 Å². The third-order valence-electron chi connectivity index (χ3n) is 2.79. The summed E-state index contributed by atoms with van der Waals surface area (Å²) >= 11 is 0. The third kappa shape index (κ3) is 10.0. The van der Waals surface area contributed by atoms with Gasteiger partial charge in [-0.1, -0.05) is 41.5 Å². The molecule has 0 amide bonds. The van der Waals surface area contributed by atoms with E-state index in [1.807, 2.05) is 0 Å².